The van der Waals surface area contributed by atoms with Crippen LogP contribution in [0.5, 0.6) is 0 Å². The van der Waals surface area contributed by atoms with Gasteiger partial charge in [0, 0.05) is 29.9 Å². The molecule has 3 rings (SSSR count). The van der Waals surface area contributed by atoms with Crippen molar-refractivity contribution in [3.8, 4) is 17.3 Å². The molecule has 0 aliphatic carbocycles. The van der Waals surface area contributed by atoms with E-state index in [1.807, 2.05) is 17.5 Å². The number of halogens is 1. The predicted octanol–water partition coefficient (Wildman–Crippen LogP) is 2.79. The normalized spacial score (nSPS) is 16.1. The van der Waals surface area contributed by atoms with E-state index < -0.39 is 0 Å². The summed E-state index contributed by atoms with van der Waals surface area (Å²) >= 11 is 7.03. The molecule has 0 spiro atoms. The zero-order valence-electron chi connectivity index (χ0n) is 16.5. The lowest BCUT2D eigenvalue weighted by atomic mass is 9.97. The summed E-state index contributed by atoms with van der Waals surface area (Å²) in [5.41, 5.74) is 2.35. The monoisotopic (exact) mass is 446 g/mol. The SMILES string of the molecule is N#Cc1ccc(-c2csc(CNC(=O)C3CCCN(C(=O)COCCCl)C3)n2)cc1. The second-order valence-corrected chi connectivity index (χ2v) is 8.27. The molecule has 2 heterocycles. The van der Waals surface area contributed by atoms with Gasteiger partial charge in [0.1, 0.15) is 11.6 Å². The number of amides is 2. The molecule has 7 nitrogen and oxygen atoms in total. The van der Waals surface area contributed by atoms with Gasteiger partial charge in [-0.1, -0.05) is 12.1 Å². The number of nitrogens with zero attached hydrogens (tertiary/aromatic N) is 3. The van der Waals surface area contributed by atoms with Crippen LogP contribution in [0.1, 0.15) is 23.4 Å². The Balaban J connectivity index is 1.50. The van der Waals surface area contributed by atoms with E-state index in [1.165, 1.54) is 11.3 Å². The Bertz CT molecular complexity index is 910. The van der Waals surface area contributed by atoms with Gasteiger partial charge in [-0.2, -0.15) is 5.26 Å². The first-order valence-electron chi connectivity index (χ1n) is 9.75. The predicted molar refractivity (Wildman–Crippen MR) is 115 cm³/mol. The molecule has 0 bridgehead atoms. The van der Waals surface area contributed by atoms with Crippen molar-refractivity contribution in [2.45, 2.75) is 19.4 Å². The van der Waals surface area contributed by atoms with Crippen LogP contribution in [-0.4, -0.2) is 53.9 Å². The summed E-state index contributed by atoms with van der Waals surface area (Å²) in [6.45, 7) is 1.74. The van der Waals surface area contributed by atoms with Gasteiger partial charge < -0.3 is 15.0 Å². The van der Waals surface area contributed by atoms with Gasteiger partial charge in [0.2, 0.25) is 11.8 Å². The number of benzene rings is 1. The molecule has 9 heteroatoms. The molecule has 0 saturated carbocycles. The van der Waals surface area contributed by atoms with Gasteiger partial charge in [-0.25, -0.2) is 4.98 Å². The Hall–Kier alpha value is -2.47. The number of ether oxygens (including phenoxy) is 1. The fourth-order valence-electron chi connectivity index (χ4n) is 3.27. The van der Waals surface area contributed by atoms with E-state index in [2.05, 4.69) is 16.4 Å². The van der Waals surface area contributed by atoms with Crippen LogP contribution in [-0.2, 0) is 20.9 Å². The minimum Gasteiger partial charge on any atom is -0.370 e. The van der Waals surface area contributed by atoms with E-state index in [0.29, 0.717) is 37.7 Å². The Labute approximate surface area is 184 Å². The van der Waals surface area contributed by atoms with Crippen molar-refractivity contribution in [2.75, 3.05) is 32.2 Å². The molecule has 1 atom stereocenters. The summed E-state index contributed by atoms with van der Waals surface area (Å²) in [5, 5.41) is 14.6. The molecule has 1 aromatic carbocycles. The van der Waals surface area contributed by atoms with Crippen LogP contribution >= 0.6 is 22.9 Å². The summed E-state index contributed by atoms with van der Waals surface area (Å²) in [7, 11) is 0. The van der Waals surface area contributed by atoms with Gasteiger partial charge in [0.05, 0.1) is 36.4 Å². The third kappa shape index (κ3) is 6.02. The molecule has 1 N–H and O–H groups in total. The van der Waals surface area contributed by atoms with Crippen molar-refractivity contribution in [1.29, 1.82) is 5.26 Å². The van der Waals surface area contributed by atoms with Gasteiger partial charge >= 0.3 is 0 Å². The summed E-state index contributed by atoms with van der Waals surface area (Å²) < 4.78 is 5.20. The number of nitriles is 1. The maximum Gasteiger partial charge on any atom is 0.248 e. The van der Waals surface area contributed by atoms with E-state index in [1.54, 1.807) is 17.0 Å². The van der Waals surface area contributed by atoms with E-state index >= 15 is 0 Å². The van der Waals surface area contributed by atoms with Crippen LogP contribution in [0.15, 0.2) is 29.6 Å². The molecule has 2 amide bonds. The lowest BCUT2D eigenvalue weighted by Crippen LogP contribution is -2.46. The smallest absolute Gasteiger partial charge is 0.248 e. The number of hydrogen-bond donors (Lipinski definition) is 1. The molecule has 30 heavy (non-hydrogen) atoms. The second-order valence-electron chi connectivity index (χ2n) is 6.95. The summed E-state index contributed by atoms with van der Waals surface area (Å²) in [5.74, 6) is -0.0512. The summed E-state index contributed by atoms with van der Waals surface area (Å²) in [6, 6.07) is 9.33. The van der Waals surface area contributed by atoms with Gasteiger partial charge in [-0.15, -0.1) is 22.9 Å². The summed E-state index contributed by atoms with van der Waals surface area (Å²) in [4.78, 5) is 31.0. The third-order valence-electron chi connectivity index (χ3n) is 4.87. The zero-order chi connectivity index (χ0) is 21.3. The van der Waals surface area contributed by atoms with Crippen LogP contribution < -0.4 is 5.32 Å². The highest BCUT2D eigenvalue weighted by molar-refractivity contribution is 7.09. The van der Waals surface area contributed by atoms with Crippen LogP contribution in [0.2, 0.25) is 0 Å². The highest BCUT2D eigenvalue weighted by atomic mass is 35.5. The molecule has 1 aliphatic rings. The van der Waals surface area contributed by atoms with E-state index in [-0.39, 0.29) is 24.3 Å². The first-order valence-corrected chi connectivity index (χ1v) is 11.2. The fraction of sp³-hybridized carbons (Fsp3) is 0.429. The van der Waals surface area contributed by atoms with Crippen molar-refractivity contribution in [3.63, 3.8) is 0 Å². The standard InChI is InChI=1S/C21H23ClN4O3S/c22-7-9-29-13-20(27)26-8-1-2-17(12-26)21(28)24-11-19-25-18(14-30-19)16-5-3-15(10-23)4-6-16/h3-6,14,17H,1-2,7-9,11-13H2,(H,24,28). The van der Waals surface area contributed by atoms with Crippen molar-refractivity contribution < 1.29 is 14.3 Å². The first-order chi connectivity index (χ1) is 14.6. The molecule has 1 fully saturated rings. The number of likely N-dealkylation sites (tertiary alicyclic amines) is 1. The van der Waals surface area contributed by atoms with Gasteiger partial charge in [-0.05, 0) is 25.0 Å². The average Bonchev–Trinajstić information content (AvgIpc) is 3.27. The largest absolute Gasteiger partial charge is 0.370 e. The molecule has 1 saturated heterocycles. The number of thiazole rings is 1. The van der Waals surface area contributed by atoms with Gasteiger partial charge in [-0.3, -0.25) is 9.59 Å². The number of hydrogen-bond acceptors (Lipinski definition) is 6. The highest BCUT2D eigenvalue weighted by Crippen LogP contribution is 2.23. The van der Waals surface area contributed by atoms with Crippen molar-refractivity contribution in [3.05, 3.63) is 40.2 Å². The van der Waals surface area contributed by atoms with Crippen LogP contribution in [0.3, 0.4) is 0 Å². The minimum absolute atomic E-state index is 0.00169. The van der Waals surface area contributed by atoms with E-state index in [9.17, 15) is 9.59 Å². The van der Waals surface area contributed by atoms with E-state index in [0.717, 1.165) is 29.1 Å². The second kappa shape index (κ2) is 11.1. The molecule has 1 aromatic heterocycles. The van der Waals surface area contributed by atoms with Crippen molar-refractivity contribution in [2.24, 2.45) is 5.92 Å². The number of rotatable bonds is 8. The Kier molecular flexibility index (Phi) is 8.20. The number of alkyl halides is 1. The third-order valence-corrected chi connectivity index (χ3v) is 5.87. The molecular formula is C21H23ClN4O3S. The van der Waals surface area contributed by atoms with Crippen LogP contribution in [0.4, 0.5) is 0 Å². The quantitative estimate of drug-likeness (QED) is 0.497. The maximum atomic E-state index is 12.6. The number of carbonyl (C=O) groups is 2. The topological polar surface area (TPSA) is 95.3 Å². The Morgan fingerprint density at radius 3 is 2.90 bits per heavy atom. The fourth-order valence-corrected chi connectivity index (χ4v) is 4.12. The van der Waals surface area contributed by atoms with Gasteiger partial charge in [0.25, 0.3) is 0 Å². The molecule has 1 aliphatic heterocycles. The number of carbonyl (C=O) groups excluding carboxylic acids is 2. The van der Waals surface area contributed by atoms with Gasteiger partial charge in [0.15, 0.2) is 0 Å². The van der Waals surface area contributed by atoms with Crippen LogP contribution in [0.25, 0.3) is 11.3 Å². The minimum atomic E-state index is -0.228. The molecule has 2 aromatic rings. The Morgan fingerprint density at radius 2 is 2.17 bits per heavy atom. The van der Waals surface area contributed by atoms with Crippen LogP contribution in [0, 0.1) is 17.2 Å². The van der Waals surface area contributed by atoms with E-state index in [4.69, 9.17) is 21.6 Å². The molecule has 1 unspecified atom stereocenters. The van der Waals surface area contributed by atoms with Crippen molar-refractivity contribution in [1.82, 2.24) is 15.2 Å². The lowest BCUT2D eigenvalue weighted by molar-refractivity contribution is -0.139. The zero-order valence-corrected chi connectivity index (χ0v) is 18.0. The average molecular weight is 447 g/mol. The molecule has 0 radical (unpaired) electrons. The maximum absolute atomic E-state index is 12.6. The number of nitrogens with one attached hydrogen (secondary N) is 1. The highest BCUT2D eigenvalue weighted by Gasteiger charge is 2.28. The molecular weight excluding hydrogens is 424 g/mol. The number of aromatic nitrogens is 1. The lowest BCUT2D eigenvalue weighted by Gasteiger charge is -2.32. The Morgan fingerprint density at radius 1 is 1.37 bits per heavy atom. The summed E-state index contributed by atoms with van der Waals surface area (Å²) in [6.07, 6.45) is 1.55. The first kappa shape index (κ1) is 22.2. The molecule has 158 valence electrons. The number of piperidine rings is 1. The van der Waals surface area contributed by atoms with Crippen molar-refractivity contribution >= 4 is 34.8 Å².